The summed E-state index contributed by atoms with van der Waals surface area (Å²) in [5, 5.41) is 10.4. The van der Waals surface area contributed by atoms with Gasteiger partial charge in [0.1, 0.15) is 0 Å². The highest BCUT2D eigenvalue weighted by Gasteiger charge is 2.41. The first-order valence-electron chi connectivity index (χ1n) is 6.46. The predicted octanol–water partition coefficient (Wildman–Crippen LogP) is 3.42. The molecule has 0 fully saturated rings. The van der Waals surface area contributed by atoms with Gasteiger partial charge in [-0.05, 0) is 46.6 Å². The Hall–Kier alpha value is -0.570. The van der Waals surface area contributed by atoms with Crippen molar-refractivity contribution < 1.29 is 9.84 Å². The SMILES string of the molecule is Cc1cc2c(c3c1[C@@H](CCl)OC3)CC(C)(C)[C@@H]2O. The van der Waals surface area contributed by atoms with Crippen LogP contribution in [0.1, 0.15) is 53.9 Å². The van der Waals surface area contributed by atoms with Gasteiger partial charge in [0, 0.05) is 0 Å². The van der Waals surface area contributed by atoms with E-state index in [9.17, 15) is 5.11 Å². The minimum absolute atomic E-state index is 0.0211. The number of benzene rings is 1. The van der Waals surface area contributed by atoms with Crippen molar-refractivity contribution in [3.05, 3.63) is 33.9 Å². The van der Waals surface area contributed by atoms with Crippen molar-refractivity contribution in [2.45, 2.75) is 46.0 Å². The van der Waals surface area contributed by atoms with E-state index in [-0.39, 0.29) is 17.6 Å². The zero-order valence-corrected chi connectivity index (χ0v) is 11.8. The summed E-state index contributed by atoms with van der Waals surface area (Å²) in [6.45, 7) is 6.97. The molecule has 1 aliphatic carbocycles. The second kappa shape index (κ2) is 3.96. The van der Waals surface area contributed by atoms with Crippen LogP contribution < -0.4 is 0 Å². The van der Waals surface area contributed by atoms with E-state index in [0.29, 0.717) is 12.5 Å². The number of halogens is 1. The first-order chi connectivity index (χ1) is 8.45. The van der Waals surface area contributed by atoms with Crippen LogP contribution in [0.5, 0.6) is 0 Å². The Morgan fingerprint density at radius 3 is 2.83 bits per heavy atom. The second-order valence-electron chi connectivity index (χ2n) is 6.18. The topological polar surface area (TPSA) is 29.5 Å². The lowest BCUT2D eigenvalue weighted by Crippen LogP contribution is -2.16. The zero-order valence-electron chi connectivity index (χ0n) is 11.1. The zero-order chi connectivity index (χ0) is 13.1. The summed E-state index contributed by atoms with van der Waals surface area (Å²) < 4.78 is 5.77. The largest absolute Gasteiger partial charge is 0.388 e. The number of fused-ring (bicyclic) bond motifs is 3. The summed E-state index contributed by atoms with van der Waals surface area (Å²) in [7, 11) is 0. The van der Waals surface area contributed by atoms with Gasteiger partial charge in [-0.2, -0.15) is 0 Å². The molecule has 3 heteroatoms. The van der Waals surface area contributed by atoms with Crippen LogP contribution in [0.4, 0.5) is 0 Å². The molecule has 1 aromatic rings. The van der Waals surface area contributed by atoms with Crippen LogP contribution in [0.25, 0.3) is 0 Å². The molecule has 2 nitrogen and oxygen atoms in total. The van der Waals surface area contributed by atoms with Gasteiger partial charge in [0.05, 0.1) is 24.7 Å². The average Bonchev–Trinajstić information content (AvgIpc) is 2.83. The molecule has 0 aromatic heterocycles. The Labute approximate surface area is 113 Å². The van der Waals surface area contributed by atoms with Crippen molar-refractivity contribution in [2.24, 2.45) is 5.41 Å². The first kappa shape index (κ1) is 12.5. The van der Waals surface area contributed by atoms with E-state index in [1.54, 1.807) is 0 Å². The fourth-order valence-electron chi connectivity index (χ4n) is 3.40. The van der Waals surface area contributed by atoms with Gasteiger partial charge >= 0.3 is 0 Å². The summed E-state index contributed by atoms with van der Waals surface area (Å²) in [5.41, 5.74) is 6.04. The lowest BCUT2D eigenvalue weighted by Gasteiger charge is -2.22. The molecule has 1 N–H and O–H groups in total. The van der Waals surface area contributed by atoms with Crippen LogP contribution in [0, 0.1) is 12.3 Å². The average molecular weight is 267 g/mol. The number of alkyl halides is 1. The number of hydrogen-bond donors (Lipinski definition) is 1. The van der Waals surface area contributed by atoms with Gasteiger partial charge < -0.3 is 9.84 Å². The van der Waals surface area contributed by atoms with Crippen molar-refractivity contribution in [1.82, 2.24) is 0 Å². The van der Waals surface area contributed by atoms with Crippen molar-refractivity contribution in [2.75, 3.05) is 5.88 Å². The smallest absolute Gasteiger partial charge is 0.0970 e. The van der Waals surface area contributed by atoms with Gasteiger partial charge in [0.25, 0.3) is 0 Å². The van der Waals surface area contributed by atoms with Gasteiger partial charge in [-0.15, -0.1) is 11.6 Å². The van der Waals surface area contributed by atoms with Gasteiger partial charge in [-0.3, -0.25) is 0 Å². The van der Waals surface area contributed by atoms with Crippen molar-refractivity contribution in [3.8, 4) is 0 Å². The van der Waals surface area contributed by atoms with E-state index < -0.39 is 0 Å². The molecule has 0 radical (unpaired) electrons. The number of aryl methyl sites for hydroxylation is 1. The molecule has 0 saturated carbocycles. The van der Waals surface area contributed by atoms with E-state index in [1.165, 1.54) is 22.3 Å². The van der Waals surface area contributed by atoms with Gasteiger partial charge in [-0.25, -0.2) is 0 Å². The summed E-state index contributed by atoms with van der Waals surface area (Å²) in [5.74, 6) is 0.499. The maximum Gasteiger partial charge on any atom is 0.0970 e. The molecule has 1 aliphatic heterocycles. The molecule has 3 rings (SSSR count). The van der Waals surface area contributed by atoms with E-state index in [0.717, 1.165) is 12.0 Å². The Bertz CT molecular complexity index is 508. The minimum atomic E-state index is -0.369. The fraction of sp³-hybridized carbons (Fsp3) is 0.600. The summed E-state index contributed by atoms with van der Waals surface area (Å²) in [6.07, 6.45) is 0.573. The van der Waals surface area contributed by atoms with Gasteiger partial charge in [-0.1, -0.05) is 19.9 Å². The molecule has 0 spiro atoms. The number of aliphatic hydroxyl groups is 1. The summed E-state index contributed by atoms with van der Waals surface area (Å²) in [6, 6.07) is 2.13. The highest BCUT2D eigenvalue weighted by atomic mass is 35.5. The summed E-state index contributed by atoms with van der Waals surface area (Å²) in [4.78, 5) is 0. The standard InChI is InChI=1S/C15H19ClO2/c1-8-4-9-10(5-15(2,3)14(9)17)11-7-18-12(6-16)13(8)11/h4,12,14,17H,5-7H2,1-3H3/t12-,14-/m1/s1. The van der Waals surface area contributed by atoms with Gasteiger partial charge in [0.2, 0.25) is 0 Å². The quantitative estimate of drug-likeness (QED) is 0.790. The Morgan fingerprint density at radius 2 is 2.17 bits per heavy atom. The number of rotatable bonds is 1. The molecular formula is C15H19ClO2. The monoisotopic (exact) mass is 266 g/mol. The minimum Gasteiger partial charge on any atom is -0.388 e. The first-order valence-corrected chi connectivity index (χ1v) is 7.00. The van der Waals surface area contributed by atoms with E-state index >= 15 is 0 Å². The Kier molecular flexibility index (Phi) is 2.74. The van der Waals surface area contributed by atoms with E-state index in [2.05, 4.69) is 26.8 Å². The highest BCUT2D eigenvalue weighted by molar-refractivity contribution is 6.18. The molecule has 18 heavy (non-hydrogen) atoms. The molecule has 2 atom stereocenters. The van der Waals surface area contributed by atoms with Crippen molar-refractivity contribution >= 4 is 11.6 Å². The van der Waals surface area contributed by atoms with Crippen LogP contribution in [-0.4, -0.2) is 11.0 Å². The van der Waals surface area contributed by atoms with Crippen LogP contribution in [0.15, 0.2) is 6.07 Å². The normalized spacial score (nSPS) is 28.3. The summed E-state index contributed by atoms with van der Waals surface area (Å²) >= 11 is 5.97. The molecular weight excluding hydrogens is 248 g/mol. The van der Waals surface area contributed by atoms with Gasteiger partial charge in [0.15, 0.2) is 0 Å². The third-order valence-electron chi connectivity index (χ3n) is 4.39. The molecule has 2 aliphatic rings. The lowest BCUT2D eigenvalue weighted by atomic mass is 9.87. The van der Waals surface area contributed by atoms with Crippen LogP contribution in [0.3, 0.4) is 0 Å². The molecule has 1 heterocycles. The lowest BCUT2D eigenvalue weighted by molar-refractivity contribution is 0.0662. The highest BCUT2D eigenvalue weighted by Crippen LogP contribution is 2.50. The third kappa shape index (κ3) is 1.56. The molecule has 0 unspecified atom stereocenters. The molecule has 0 saturated heterocycles. The molecule has 1 aromatic carbocycles. The number of hydrogen-bond acceptors (Lipinski definition) is 2. The van der Waals surface area contributed by atoms with Crippen molar-refractivity contribution in [3.63, 3.8) is 0 Å². The fourth-order valence-corrected chi connectivity index (χ4v) is 3.64. The molecule has 98 valence electrons. The van der Waals surface area contributed by atoms with Crippen LogP contribution in [-0.2, 0) is 17.8 Å². The van der Waals surface area contributed by atoms with Crippen molar-refractivity contribution in [1.29, 1.82) is 0 Å². The maximum absolute atomic E-state index is 10.4. The Balaban J connectivity index is 2.19. The predicted molar refractivity (Wildman–Crippen MR) is 71.9 cm³/mol. The third-order valence-corrected chi connectivity index (χ3v) is 4.67. The van der Waals surface area contributed by atoms with Crippen LogP contribution in [0.2, 0.25) is 0 Å². The molecule has 0 bridgehead atoms. The number of ether oxygens (including phenoxy) is 1. The Morgan fingerprint density at radius 1 is 1.44 bits per heavy atom. The second-order valence-corrected chi connectivity index (χ2v) is 6.48. The molecule has 0 amide bonds. The van der Waals surface area contributed by atoms with E-state index in [4.69, 9.17) is 16.3 Å². The number of aliphatic hydroxyl groups excluding tert-OH is 1. The van der Waals surface area contributed by atoms with Crippen LogP contribution >= 0.6 is 11.6 Å². The maximum atomic E-state index is 10.4. The van der Waals surface area contributed by atoms with E-state index in [1.807, 2.05) is 0 Å².